The van der Waals surface area contributed by atoms with E-state index in [1.54, 1.807) is 0 Å². The molecule has 1 amide bonds. The third-order valence-electron chi connectivity index (χ3n) is 3.59. The summed E-state index contributed by atoms with van der Waals surface area (Å²) in [5, 5.41) is 0. The third-order valence-corrected chi connectivity index (χ3v) is 3.59. The van der Waals surface area contributed by atoms with E-state index in [0.717, 1.165) is 24.7 Å². The van der Waals surface area contributed by atoms with Gasteiger partial charge in [-0.25, -0.2) is 0 Å². The quantitative estimate of drug-likeness (QED) is 0.628. The zero-order valence-corrected chi connectivity index (χ0v) is 13.2. The van der Waals surface area contributed by atoms with Crippen molar-refractivity contribution in [3.05, 3.63) is 11.8 Å². The van der Waals surface area contributed by atoms with Crippen LogP contribution in [0.4, 0.5) is 0 Å². The second-order valence-electron chi connectivity index (χ2n) is 5.62. The van der Waals surface area contributed by atoms with Crippen LogP contribution in [0.15, 0.2) is 16.8 Å². The summed E-state index contributed by atoms with van der Waals surface area (Å²) < 4.78 is 0. The molecule has 1 unspecified atom stereocenters. The second kappa shape index (κ2) is 9.76. The summed E-state index contributed by atoms with van der Waals surface area (Å²) in [5.74, 6) is 1.08. The Morgan fingerprint density at radius 3 is 2.32 bits per heavy atom. The Kier molecular flexibility index (Phi) is 9.19. The van der Waals surface area contributed by atoms with Gasteiger partial charge in [-0.2, -0.15) is 0 Å². The average Bonchev–Trinajstić information content (AvgIpc) is 2.34. The highest BCUT2D eigenvalue weighted by Crippen LogP contribution is 2.22. The normalized spacial score (nSPS) is 14.8. The molecular weight excluding hydrogens is 236 g/mol. The van der Waals surface area contributed by atoms with Gasteiger partial charge in [0.2, 0.25) is 0 Å². The van der Waals surface area contributed by atoms with E-state index in [9.17, 15) is 4.79 Å². The minimum absolute atomic E-state index is 0.403. The summed E-state index contributed by atoms with van der Waals surface area (Å²) in [6, 6.07) is 0. The predicted octanol–water partition coefficient (Wildman–Crippen LogP) is 4.08. The smallest absolute Gasteiger partial charge is 0.263 e. The Balaban J connectivity index is 4.47. The number of hydrogen-bond acceptors (Lipinski definition) is 2. The van der Waals surface area contributed by atoms with E-state index in [0.29, 0.717) is 12.1 Å². The first kappa shape index (κ1) is 17.9. The third kappa shape index (κ3) is 7.81. The van der Waals surface area contributed by atoms with Crippen molar-refractivity contribution in [2.45, 2.75) is 66.7 Å². The number of rotatable bonds is 9. The highest BCUT2D eigenvalue weighted by Gasteiger charge is 2.10. The fourth-order valence-corrected chi connectivity index (χ4v) is 2.16. The van der Waals surface area contributed by atoms with Crippen LogP contribution >= 0.6 is 0 Å². The van der Waals surface area contributed by atoms with E-state index < -0.39 is 5.91 Å². The van der Waals surface area contributed by atoms with Gasteiger partial charge in [-0.15, -0.1) is 0 Å². The van der Waals surface area contributed by atoms with Crippen LogP contribution in [0, 0.1) is 11.8 Å². The molecular formula is C16H30N2O. The molecule has 0 saturated carbocycles. The fraction of sp³-hybridized carbons (Fsp3) is 0.750. The molecule has 0 spiro atoms. The molecule has 0 aromatic heterocycles. The summed E-state index contributed by atoms with van der Waals surface area (Å²) in [6.45, 7) is 10.9. The molecule has 0 bridgehead atoms. The molecule has 0 saturated heterocycles. The highest BCUT2D eigenvalue weighted by molar-refractivity contribution is 6.38. The van der Waals surface area contributed by atoms with Gasteiger partial charge >= 0.3 is 0 Å². The first-order valence-corrected chi connectivity index (χ1v) is 7.44. The minimum atomic E-state index is -0.403. The van der Waals surface area contributed by atoms with Gasteiger partial charge in [0.1, 0.15) is 5.71 Å². The lowest BCUT2D eigenvalue weighted by Gasteiger charge is -2.18. The molecule has 1 atom stereocenters. The SMILES string of the molecule is CCCC(=N/C=C(\C)CCC(CC)C(C)C)C(N)=O. The van der Waals surface area contributed by atoms with Gasteiger partial charge in [0.15, 0.2) is 0 Å². The predicted molar refractivity (Wildman–Crippen MR) is 83.1 cm³/mol. The number of amides is 1. The fourth-order valence-electron chi connectivity index (χ4n) is 2.16. The number of carbonyl (C=O) groups excluding carboxylic acids is 1. The molecule has 19 heavy (non-hydrogen) atoms. The maximum atomic E-state index is 11.2. The molecule has 0 aliphatic carbocycles. The molecule has 110 valence electrons. The first-order valence-electron chi connectivity index (χ1n) is 7.44. The number of allylic oxidation sites excluding steroid dienone is 1. The van der Waals surface area contributed by atoms with Crippen LogP contribution in [0.3, 0.4) is 0 Å². The lowest BCUT2D eigenvalue weighted by molar-refractivity contribution is -0.112. The molecule has 0 aromatic carbocycles. The summed E-state index contributed by atoms with van der Waals surface area (Å²) >= 11 is 0. The van der Waals surface area contributed by atoms with E-state index >= 15 is 0 Å². The second-order valence-corrected chi connectivity index (χ2v) is 5.62. The Morgan fingerprint density at radius 1 is 1.26 bits per heavy atom. The summed E-state index contributed by atoms with van der Waals surface area (Å²) in [6.07, 6.45) is 6.80. The van der Waals surface area contributed by atoms with Gasteiger partial charge in [0.05, 0.1) is 0 Å². The van der Waals surface area contributed by atoms with E-state index in [4.69, 9.17) is 5.73 Å². The van der Waals surface area contributed by atoms with Crippen molar-refractivity contribution >= 4 is 11.6 Å². The zero-order valence-electron chi connectivity index (χ0n) is 13.2. The number of hydrogen-bond donors (Lipinski definition) is 1. The maximum absolute atomic E-state index is 11.2. The van der Waals surface area contributed by atoms with E-state index in [2.05, 4.69) is 32.7 Å². The van der Waals surface area contributed by atoms with Crippen molar-refractivity contribution in [3.63, 3.8) is 0 Å². The number of nitrogens with two attached hydrogens (primary N) is 1. The summed E-state index contributed by atoms with van der Waals surface area (Å²) in [7, 11) is 0. The Morgan fingerprint density at radius 2 is 1.89 bits per heavy atom. The van der Waals surface area contributed by atoms with Crippen molar-refractivity contribution in [2.24, 2.45) is 22.6 Å². The van der Waals surface area contributed by atoms with Gasteiger partial charge < -0.3 is 5.73 Å². The van der Waals surface area contributed by atoms with Gasteiger partial charge in [-0.3, -0.25) is 9.79 Å². The van der Waals surface area contributed by atoms with Crippen molar-refractivity contribution in [1.29, 1.82) is 0 Å². The summed E-state index contributed by atoms with van der Waals surface area (Å²) in [5.41, 5.74) is 6.99. The molecule has 0 rings (SSSR count). The van der Waals surface area contributed by atoms with Crippen LogP contribution < -0.4 is 5.73 Å². The Labute approximate surface area is 118 Å². The number of primary amides is 1. The zero-order chi connectivity index (χ0) is 14.8. The average molecular weight is 266 g/mol. The molecule has 0 radical (unpaired) electrons. The highest BCUT2D eigenvalue weighted by atomic mass is 16.1. The lowest BCUT2D eigenvalue weighted by atomic mass is 9.88. The maximum Gasteiger partial charge on any atom is 0.263 e. The Hall–Kier alpha value is -1.12. The van der Waals surface area contributed by atoms with E-state index in [1.807, 2.05) is 13.1 Å². The van der Waals surface area contributed by atoms with E-state index in [1.165, 1.54) is 18.4 Å². The van der Waals surface area contributed by atoms with Crippen molar-refractivity contribution < 1.29 is 4.79 Å². The minimum Gasteiger partial charge on any atom is -0.365 e. The van der Waals surface area contributed by atoms with Crippen LogP contribution in [-0.2, 0) is 4.79 Å². The molecule has 0 heterocycles. The molecule has 3 heteroatoms. The number of nitrogens with zero attached hydrogens (tertiary/aromatic N) is 1. The van der Waals surface area contributed by atoms with Gasteiger partial charge in [0, 0.05) is 6.20 Å². The van der Waals surface area contributed by atoms with Gasteiger partial charge in [-0.05, 0) is 38.0 Å². The first-order chi connectivity index (χ1) is 8.92. The van der Waals surface area contributed by atoms with Crippen molar-refractivity contribution in [1.82, 2.24) is 0 Å². The number of carbonyl (C=O) groups is 1. The summed E-state index contributed by atoms with van der Waals surface area (Å²) in [4.78, 5) is 15.4. The Bertz CT molecular complexity index is 330. The molecule has 3 nitrogen and oxygen atoms in total. The van der Waals surface area contributed by atoms with Gasteiger partial charge in [-0.1, -0.05) is 46.1 Å². The van der Waals surface area contributed by atoms with Crippen molar-refractivity contribution in [3.8, 4) is 0 Å². The van der Waals surface area contributed by atoms with Crippen LogP contribution in [0.2, 0.25) is 0 Å². The molecule has 2 N–H and O–H groups in total. The van der Waals surface area contributed by atoms with E-state index in [-0.39, 0.29) is 0 Å². The molecule has 0 fully saturated rings. The standard InChI is InChI=1S/C16H30N2O/c1-6-8-15(16(17)19)18-11-13(5)9-10-14(7-2)12(3)4/h11-12,14H,6-10H2,1-5H3,(H2,17,19)/b13-11+,18-15?. The monoisotopic (exact) mass is 266 g/mol. The van der Waals surface area contributed by atoms with Gasteiger partial charge in [0.25, 0.3) is 5.91 Å². The number of aliphatic imine (C=N–C) groups is 1. The molecule has 0 aromatic rings. The molecule has 0 aliphatic rings. The lowest BCUT2D eigenvalue weighted by Crippen LogP contribution is -2.22. The van der Waals surface area contributed by atoms with Crippen LogP contribution in [-0.4, -0.2) is 11.6 Å². The van der Waals surface area contributed by atoms with Crippen LogP contribution in [0.25, 0.3) is 0 Å². The molecule has 0 aliphatic heterocycles. The van der Waals surface area contributed by atoms with Crippen LogP contribution in [0.5, 0.6) is 0 Å². The van der Waals surface area contributed by atoms with Crippen LogP contribution in [0.1, 0.15) is 66.7 Å². The largest absolute Gasteiger partial charge is 0.365 e. The topological polar surface area (TPSA) is 55.4 Å². The van der Waals surface area contributed by atoms with Crippen molar-refractivity contribution in [2.75, 3.05) is 0 Å².